The third-order valence-electron chi connectivity index (χ3n) is 7.98. The standard InChI is InChI=1S/C27H23ClN4O6/c28-20-14-17(9-12-23(20)38-15-16-7-10-18(11-8-16)31(34)35)24-22-6-3-13-30(22)27(25(24)32(36)37)19-4-1-2-5-21(19)29-26(27)33/h1-2,4-5,7-12,14,22,24-25H,3,6,13,15H2,(H,29,33)/t22-,24-,25+,27-/m0/s1. The molecule has 0 radical (unpaired) electrons. The zero-order chi connectivity index (χ0) is 26.6. The van der Waals surface area contributed by atoms with Crippen molar-refractivity contribution >= 4 is 28.9 Å². The molecular weight excluding hydrogens is 512 g/mol. The molecule has 11 heteroatoms. The third-order valence-corrected chi connectivity index (χ3v) is 8.27. The second-order valence-corrected chi connectivity index (χ2v) is 10.2. The summed E-state index contributed by atoms with van der Waals surface area (Å²) in [4.78, 5) is 38.4. The monoisotopic (exact) mass is 534 g/mol. The summed E-state index contributed by atoms with van der Waals surface area (Å²) in [6.07, 6.45) is 1.58. The van der Waals surface area contributed by atoms with Crippen LogP contribution in [0.15, 0.2) is 66.7 Å². The van der Waals surface area contributed by atoms with E-state index >= 15 is 0 Å². The molecule has 3 heterocycles. The van der Waals surface area contributed by atoms with Gasteiger partial charge in [-0.3, -0.25) is 29.9 Å². The Labute approximate surface area is 222 Å². The number of nitro benzene ring substituents is 1. The largest absolute Gasteiger partial charge is 0.487 e. The summed E-state index contributed by atoms with van der Waals surface area (Å²) in [6.45, 7) is 0.742. The number of amides is 1. The van der Waals surface area contributed by atoms with Crippen molar-refractivity contribution in [2.24, 2.45) is 0 Å². The van der Waals surface area contributed by atoms with E-state index in [2.05, 4.69) is 5.32 Å². The van der Waals surface area contributed by atoms with E-state index < -0.39 is 22.4 Å². The van der Waals surface area contributed by atoms with Crippen LogP contribution in [0.4, 0.5) is 11.4 Å². The molecular formula is C27H23ClN4O6. The van der Waals surface area contributed by atoms with E-state index in [1.54, 1.807) is 36.4 Å². The van der Waals surface area contributed by atoms with Crippen molar-refractivity contribution in [3.05, 3.63) is 109 Å². The second kappa shape index (κ2) is 9.07. The second-order valence-electron chi connectivity index (χ2n) is 9.83. The molecule has 3 aromatic rings. The van der Waals surface area contributed by atoms with Gasteiger partial charge in [0.2, 0.25) is 0 Å². The smallest absolute Gasteiger partial charge is 0.269 e. The molecule has 0 bridgehead atoms. The normalized spacial score (nSPS) is 25.7. The molecule has 3 aliphatic heterocycles. The van der Waals surface area contributed by atoms with Crippen LogP contribution in [0.25, 0.3) is 0 Å². The van der Waals surface area contributed by atoms with Gasteiger partial charge in [-0.05, 0) is 54.3 Å². The molecule has 0 saturated carbocycles. The van der Waals surface area contributed by atoms with Crippen LogP contribution in [0, 0.1) is 20.2 Å². The van der Waals surface area contributed by atoms with E-state index in [1.807, 2.05) is 23.1 Å². The molecule has 0 aliphatic carbocycles. The highest BCUT2D eigenvalue weighted by Gasteiger charge is 2.73. The maximum absolute atomic E-state index is 13.5. The lowest BCUT2D eigenvalue weighted by atomic mass is 9.77. The van der Waals surface area contributed by atoms with Gasteiger partial charge in [-0.15, -0.1) is 0 Å². The number of carbonyl (C=O) groups is 1. The summed E-state index contributed by atoms with van der Waals surface area (Å²) in [7, 11) is 0. The number of para-hydroxylation sites is 1. The minimum Gasteiger partial charge on any atom is -0.487 e. The van der Waals surface area contributed by atoms with Gasteiger partial charge in [0.25, 0.3) is 17.6 Å². The molecule has 10 nitrogen and oxygen atoms in total. The fraction of sp³-hybridized carbons (Fsp3) is 0.296. The van der Waals surface area contributed by atoms with Crippen molar-refractivity contribution < 1.29 is 19.4 Å². The summed E-state index contributed by atoms with van der Waals surface area (Å²) in [6, 6.07) is 17.0. The van der Waals surface area contributed by atoms with Crippen LogP contribution in [-0.4, -0.2) is 39.3 Å². The van der Waals surface area contributed by atoms with Gasteiger partial charge in [-0.25, -0.2) is 0 Å². The van der Waals surface area contributed by atoms with E-state index in [0.717, 1.165) is 18.4 Å². The van der Waals surface area contributed by atoms with Crippen molar-refractivity contribution in [2.75, 3.05) is 11.9 Å². The Kier molecular flexibility index (Phi) is 5.81. The quantitative estimate of drug-likeness (QED) is 0.352. The van der Waals surface area contributed by atoms with Crippen molar-refractivity contribution in [1.29, 1.82) is 0 Å². The molecule has 1 amide bonds. The summed E-state index contributed by atoms with van der Waals surface area (Å²) < 4.78 is 5.85. The van der Waals surface area contributed by atoms with Gasteiger partial charge in [-0.1, -0.05) is 35.9 Å². The topological polar surface area (TPSA) is 128 Å². The van der Waals surface area contributed by atoms with Crippen molar-refractivity contribution in [3.8, 4) is 5.75 Å². The number of carbonyl (C=O) groups excluding carboxylic acids is 1. The Morgan fingerprint density at radius 1 is 1.08 bits per heavy atom. The van der Waals surface area contributed by atoms with E-state index in [-0.39, 0.29) is 29.2 Å². The summed E-state index contributed by atoms with van der Waals surface area (Å²) in [5, 5.41) is 26.8. The Bertz CT molecular complexity index is 1460. The third kappa shape index (κ3) is 3.55. The van der Waals surface area contributed by atoms with E-state index in [4.69, 9.17) is 16.3 Å². The number of hydrogen-bond donors (Lipinski definition) is 1. The first-order chi connectivity index (χ1) is 18.3. The number of benzene rings is 3. The molecule has 3 aromatic carbocycles. The number of non-ortho nitro benzene ring substituents is 1. The predicted octanol–water partition coefficient (Wildman–Crippen LogP) is 4.88. The maximum atomic E-state index is 13.5. The van der Waals surface area contributed by atoms with Crippen LogP contribution < -0.4 is 10.1 Å². The zero-order valence-electron chi connectivity index (χ0n) is 20.1. The molecule has 2 saturated heterocycles. The molecule has 0 aromatic heterocycles. The Balaban J connectivity index is 1.33. The number of anilines is 1. The molecule has 2 fully saturated rings. The van der Waals surface area contributed by atoms with Crippen molar-refractivity contribution in [3.63, 3.8) is 0 Å². The number of halogens is 1. The first-order valence-corrected chi connectivity index (χ1v) is 12.7. The molecule has 38 heavy (non-hydrogen) atoms. The lowest BCUT2D eigenvalue weighted by molar-refractivity contribution is -0.534. The van der Waals surface area contributed by atoms with Crippen LogP contribution in [-0.2, 0) is 16.9 Å². The number of nitrogens with one attached hydrogen (secondary N) is 1. The Morgan fingerprint density at radius 3 is 2.55 bits per heavy atom. The Morgan fingerprint density at radius 2 is 1.84 bits per heavy atom. The van der Waals surface area contributed by atoms with Gasteiger partial charge in [0.1, 0.15) is 12.4 Å². The van der Waals surface area contributed by atoms with Crippen molar-refractivity contribution in [1.82, 2.24) is 4.90 Å². The fourth-order valence-corrected chi connectivity index (χ4v) is 6.74. The number of fused-ring (bicyclic) bond motifs is 4. The summed E-state index contributed by atoms with van der Waals surface area (Å²) >= 11 is 6.59. The highest BCUT2D eigenvalue weighted by atomic mass is 35.5. The van der Waals surface area contributed by atoms with E-state index in [1.165, 1.54) is 12.1 Å². The average molecular weight is 535 g/mol. The number of nitrogens with zero attached hydrogens (tertiary/aromatic N) is 3. The fourth-order valence-electron chi connectivity index (χ4n) is 6.49. The SMILES string of the molecule is O=C1Nc2ccccc2[C@]12[C@H]([N+](=O)[O-])[C@@H](c1ccc(OCc3ccc([N+](=O)[O-])cc3)c(Cl)c1)[C@@H]1CCCN12. The van der Waals surface area contributed by atoms with Crippen LogP contribution in [0.3, 0.4) is 0 Å². The highest BCUT2D eigenvalue weighted by molar-refractivity contribution is 6.32. The molecule has 194 valence electrons. The van der Waals surface area contributed by atoms with Crippen LogP contribution in [0.2, 0.25) is 5.02 Å². The number of nitro groups is 2. The lowest BCUT2D eigenvalue weighted by Crippen LogP contribution is -2.55. The van der Waals surface area contributed by atoms with Gasteiger partial charge in [0.05, 0.1) is 15.9 Å². The molecule has 1 spiro atoms. The van der Waals surface area contributed by atoms with Crippen LogP contribution >= 0.6 is 11.6 Å². The molecule has 6 rings (SSSR count). The maximum Gasteiger partial charge on any atom is 0.269 e. The van der Waals surface area contributed by atoms with Crippen LogP contribution in [0.5, 0.6) is 5.75 Å². The molecule has 0 unspecified atom stereocenters. The highest BCUT2D eigenvalue weighted by Crippen LogP contribution is 2.58. The first-order valence-electron chi connectivity index (χ1n) is 12.3. The van der Waals surface area contributed by atoms with Gasteiger partial charge >= 0.3 is 0 Å². The lowest BCUT2D eigenvalue weighted by Gasteiger charge is -2.32. The van der Waals surface area contributed by atoms with E-state index in [9.17, 15) is 25.0 Å². The molecule has 1 N–H and O–H groups in total. The minimum absolute atomic E-state index is 0.00895. The van der Waals surface area contributed by atoms with Gasteiger partial charge in [-0.2, -0.15) is 0 Å². The predicted molar refractivity (Wildman–Crippen MR) is 139 cm³/mol. The van der Waals surface area contributed by atoms with Crippen LogP contribution in [0.1, 0.15) is 35.4 Å². The zero-order valence-corrected chi connectivity index (χ0v) is 20.8. The first kappa shape index (κ1) is 24.3. The molecule has 4 atom stereocenters. The van der Waals surface area contributed by atoms with Gasteiger partial charge in [0, 0.05) is 40.9 Å². The average Bonchev–Trinajstić information content (AvgIpc) is 3.56. The molecule has 3 aliphatic rings. The van der Waals surface area contributed by atoms with Gasteiger partial charge < -0.3 is 10.1 Å². The summed E-state index contributed by atoms with van der Waals surface area (Å²) in [5.41, 5.74) is 1.28. The van der Waals surface area contributed by atoms with E-state index in [0.29, 0.717) is 34.1 Å². The number of rotatable bonds is 6. The Hall–Kier alpha value is -4.02. The van der Waals surface area contributed by atoms with Crippen molar-refractivity contribution in [2.45, 2.75) is 43.0 Å². The summed E-state index contributed by atoms with van der Waals surface area (Å²) in [5.74, 6) is -0.513. The minimum atomic E-state index is -1.39. The number of hydrogen-bond acceptors (Lipinski definition) is 7. The number of ether oxygens (including phenoxy) is 1. The van der Waals surface area contributed by atoms with Gasteiger partial charge in [0.15, 0.2) is 5.54 Å².